The van der Waals surface area contributed by atoms with Gasteiger partial charge in [0.2, 0.25) is 5.91 Å². The minimum absolute atomic E-state index is 0.319. The van der Waals surface area contributed by atoms with Crippen LogP contribution in [-0.4, -0.2) is 43.5 Å². The van der Waals surface area contributed by atoms with Gasteiger partial charge in [-0.1, -0.05) is 77.4 Å². The summed E-state index contributed by atoms with van der Waals surface area (Å²) in [6.07, 6.45) is 23.3. The fourth-order valence-corrected chi connectivity index (χ4v) is 3.58. The largest absolute Gasteiger partial charge is 0.341 e. The van der Waals surface area contributed by atoms with Crippen LogP contribution in [0.15, 0.2) is 12.2 Å². The summed E-state index contributed by atoms with van der Waals surface area (Å²) in [6, 6.07) is 0. The monoisotopic (exact) mass is 409 g/mol. The molecule has 172 valence electrons. The standard InChI is InChI=1S/C25H51N3O/c1-3-5-6-7-8-9-10-11-12-13-14-15-16-17-18-19-25(29)28(23-4-2)24-22-27-21-20-26/h11-12,27H,3-10,13-24,26H2,1-2H3/b12-11-. The predicted molar refractivity (Wildman–Crippen MR) is 128 cm³/mol. The molecular formula is C25H51N3O. The van der Waals surface area contributed by atoms with Crippen LogP contribution < -0.4 is 11.1 Å². The molecule has 0 unspecified atom stereocenters. The van der Waals surface area contributed by atoms with E-state index in [4.69, 9.17) is 5.73 Å². The van der Waals surface area contributed by atoms with E-state index in [9.17, 15) is 4.79 Å². The molecule has 0 bridgehead atoms. The summed E-state index contributed by atoms with van der Waals surface area (Å²) in [5.74, 6) is 0.319. The van der Waals surface area contributed by atoms with Crippen molar-refractivity contribution in [2.45, 2.75) is 110 Å². The van der Waals surface area contributed by atoms with E-state index in [1.54, 1.807) is 0 Å². The summed E-state index contributed by atoms with van der Waals surface area (Å²) in [6.45, 7) is 8.39. The Hall–Kier alpha value is -0.870. The summed E-state index contributed by atoms with van der Waals surface area (Å²) >= 11 is 0. The Kier molecular flexibility index (Phi) is 22.7. The lowest BCUT2D eigenvalue weighted by atomic mass is 10.1. The van der Waals surface area contributed by atoms with E-state index in [0.717, 1.165) is 39.0 Å². The number of nitrogens with zero attached hydrogens (tertiary/aromatic N) is 1. The lowest BCUT2D eigenvalue weighted by Gasteiger charge is -2.22. The molecule has 0 atom stereocenters. The first kappa shape index (κ1) is 28.1. The SMILES string of the molecule is CCCCCCCC/C=C\CCCCCCCC(=O)N(CCC)CCNCCN. The van der Waals surface area contributed by atoms with Gasteiger partial charge in [-0.15, -0.1) is 0 Å². The van der Waals surface area contributed by atoms with Crippen LogP contribution in [0.25, 0.3) is 0 Å². The van der Waals surface area contributed by atoms with Crippen LogP contribution in [0.3, 0.4) is 0 Å². The maximum absolute atomic E-state index is 12.4. The van der Waals surface area contributed by atoms with Gasteiger partial charge in [-0.3, -0.25) is 4.79 Å². The minimum Gasteiger partial charge on any atom is -0.341 e. The molecule has 0 radical (unpaired) electrons. The van der Waals surface area contributed by atoms with Crippen molar-refractivity contribution in [2.24, 2.45) is 5.73 Å². The number of nitrogens with one attached hydrogen (secondary N) is 1. The van der Waals surface area contributed by atoms with Crippen molar-refractivity contribution in [3.05, 3.63) is 12.2 Å². The van der Waals surface area contributed by atoms with Crippen molar-refractivity contribution in [2.75, 3.05) is 32.7 Å². The van der Waals surface area contributed by atoms with Crippen molar-refractivity contribution in [3.63, 3.8) is 0 Å². The van der Waals surface area contributed by atoms with E-state index in [1.165, 1.54) is 77.0 Å². The van der Waals surface area contributed by atoms with E-state index in [1.807, 2.05) is 4.90 Å². The second-order valence-electron chi connectivity index (χ2n) is 8.25. The first-order valence-corrected chi connectivity index (χ1v) is 12.6. The molecule has 0 saturated carbocycles. The third-order valence-electron chi connectivity index (χ3n) is 5.38. The van der Waals surface area contributed by atoms with E-state index in [-0.39, 0.29) is 0 Å². The number of allylic oxidation sites excluding steroid dienone is 2. The molecule has 0 fully saturated rings. The van der Waals surface area contributed by atoms with Gasteiger partial charge >= 0.3 is 0 Å². The Labute approximate surface area is 182 Å². The highest BCUT2D eigenvalue weighted by Gasteiger charge is 2.11. The summed E-state index contributed by atoms with van der Waals surface area (Å²) in [5.41, 5.74) is 5.49. The zero-order valence-electron chi connectivity index (χ0n) is 19.7. The Balaban J connectivity index is 3.52. The molecule has 1 amide bonds. The molecule has 0 rings (SSSR count). The quantitative estimate of drug-likeness (QED) is 0.175. The van der Waals surface area contributed by atoms with Crippen LogP contribution in [0.1, 0.15) is 110 Å². The molecule has 0 spiro atoms. The van der Waals surface area contributed by atoms with Crippen molar-refractivity contribution in [3.8, 4) is 0 Å². The molecule has 0 aromatic rings. The number of amides is 1. The fraction of sp³-hybridized carbons (Fsp3) is 0.880. The molecule has 0 aliphatic rings. The van der Waals surface area contributed by atoms with Crippen molar-refractivity contribution < 1.29 is 4.79 Å². The zero-order chi connectivity index (χ0) is 21.4. The third kappa shape index (κ3) is 20.2. The van der Waals surface area contributed by atoms with E-state index in [2.05, 4.69) is 31.3 Å². The number of rotatable bonds is 22. The number of nitrogens with two attached hydrogens (primary N) is 1. The summed E-state index contributed by atoms with van der Waals surface area (Å²) in [7, 11) is 0. The zero-order valence-corrected chi connectivity index (χ0v) is 19.7. The second kappa shape index (κ2) is 23.4. The van der Waals surface area contributed by atoms with Gasteiger partial charge < -0.3 is 16.0 Å². The number of hydrogen-bond acceptors (Lipinski definition) is 3. The van der Waals surface area contributed by atoms with Gasteiger partial charge in [0.1, 0.15) is 0 Å². The number of unbranched alkanes of at least 4 members (excludes halogenated alkanes) is 11. The third-order valence-corrected chi connectivity index (χ3v) is 5.38. The van der Waals surface area contributed by atoms with E-state index < -0.39 is 0 Å². The summed E-state index contributed by atoms with van der Waals surface area (Å²) in [4.78, 5) is 14.4. The second-order valence-corrected chi connectivity index (χ2v) is 8.25. The molecule has 4 heteroatoms. The van der Waals surface area contributed by atoms with Gasteiger partial charge in [-0.05, 0) is 38.5 Å². The minimum atomic E-state index is 0.319. The molecular weight excluding hydrogens is 358 g/mol. The van der Waals surface area contributed by atoms with Gasteiger partial charge in [0.05, 0.1) is 0 Å². The number of carbonyl (C=O) groups is 1. The summed E-state index contributed by atoms with van der Waals surface area (Å²) in [5, 5.41) is 3.28. The van der Waals surface area contributed by atoms with E-state index >= 15 is 0 Å². The van der Waals surface area contributed by atoms with Gasteiger partial charge in [-0.2, -0.15) is 0 Å². The highest BCUT2D eigenvalue weighted by molar-refractivity contribution is 5.76. The molecule has 0 aromatic heterocycles. The van der Waals surface area contributed by atoms with Crippen LogP contribution in [-0.2, 0) is 4.79 Å². The molecule has 3 N–H and O–H groups in total. The Bertz CT molecular complexity index is 371. The Morgan fingerprint density at radius 2 is 1.34 bits per heavy atom. The smallest absolute Gasteiger partial charge is 0.222 e. The lowest BCUT2D eigenvalue weighted by Crippen LogP contribution is -2.38. The molecule has 29 heavy (non-hydrogen) atoms. The van der Waals surface area contributed by atoms with Crippen LogP contribution in [0.2, 0.25) is 0 Å². The molecule has 0 saturated heterocycles. The van der Waals surface area contributed by atoms with Crippen LogP contribution in [0.5, 0.6) is 0 Å². The molecule has 4 nitrogen and oxygen atoms in total. The Morgan fingerprint density at radius 3 is 1.93 bits per heavy atom. The first-order valence-electron chi connectivity index (χ1n) is 12.6. The Morgan fingerprint density at radius 1 is 0.759 bits per heavy atom. The number of carbonyl (C=O) groups excluding carboxylic acids is 1. The van der Waals surface area contributed by atoms with Crippen molar-refractivity contribution in [1.29, 1.82) is 0 Å². The molecule has 0 aliphatic heterocycles. The van der Waals surface area contributed by atoms with Gasteiger partial charge in [0, 0.05) is 39.1 Å². The van der Waals surface area contributed by atoms with Crippen molar-refractivity contribution in [1.82, 2.24) is 10.2 Å². The predicted octanol–water partition coefficient (Wildman–Crippen LogP) is 5.81. The normalized spacial score (nSPS) is 11.4. The highest BCUT2D eigenvalue weighted by Crippen LogP contribution is 2.10. The molecule has 0 aromatic carbocycles. The van der Waals surface area contributed by atoms with Crippen LogP contribution in [0, 0.1) is 0 Å². The first-order chi connectivity index (χ1) is 14.3. The average Bonchev–Trinajstić information content (AvgIpc) is 2.73. The number of hydrogen-bond donors (Lipinski definition) is 2. The topological polar surface area (TPSA) is 58.4 Å². The maximum Gasteiger partial charge on any atom is 0.222 e. The molecule has 0 heterocycles. The van der Waals surface area contributed by atoms with Crippen LogP contribution in [0.4, 0.5) is 0 Å². The summed E-state index contributed by atoms with van der Waals surface area (Å²) < 4.78 is 0. The highest BCUT2D eigenvalue weighted by atomic mass is 16.2. The fourth-order valence-electron chi connectivity index (χ4n) is 3.58. The van der Waals surface area contributed by atoms with Crippen molar-refractivity contribution >= 4 is 5.91 Å². The van der Waals surface area contributed by atoms with Gasteiger partial charge in [0.15, 0.2) is 0 Å². The van der Waals surface area contributed by atoms with E-state index in [0.29, 0.717) is 18.9 Å². The lowest BCUT2D eigenvalue weighted by molar-refractivity contribution is -0.131. The van der Waals surface area contributed by atoms with Gasteiger partial charge in [-0.25, -0.2) is 0 Å². The maximum atomic E-state index is 12.4. The van der Waals surface area contributed by atoms with Gasteiger partial charge in [0.25, 0.3) is 0 Å². The average molecular weight is 410 g/mol. The molecule has 0 aliphatic carbocycles. The van der Waals surface area contributed by atoms with Crippen LogP contribution >= 0.6 is 0 Å².